The minimum Gasteiger partial charge on any atom is -0.334 e. The van der Waals surface area contributed by atoms with Crippen molar-refractivity contribution in [1.29, 1.82) is 0 Å². The average Bonchev–Trinajstić information content (AvgIpc) is 3.11. The van der Waals surface area contributed by atoms with Gasteiger partial charge in [0.05, 0.1) is 0 Å². The monoisotopic (exact) mass is 218 g/mol. The summed E-state index contributed by atoms with van der Waals surface area (Å²) in [5.41, 5.74) is 1.01. The molecule has 16 heavy (non-hydrogen) atoms. The maximum absolute atomic E-state index is 11.3. The van der Waals surface area contributed by atoms with Crippen molar-refractivity contribution >= 4 is 11.9 Å². The van der Waals surface area contributed by atoms with E-state index in [4.69, 9.17) is 0 Å². The Morgan fingerprint density at radius 3 is 2.50 bits per heavy atom. The van der Waals surface area contributed by atoms with E-state index in [1.54, 1.807) is 0 Å². The molecule has 0 radical (unpaired) electrons. The molecule has 4 heteroatoms. The van der Waals surface area contributed by atoms with Crippen molar-refractivity contribution in [2.45, 2.75) is 19.4 Å². The topological polar surface area (TPSA) is 58.2 Å². The van der Waals surface area contributed by atoms with Gasteiger partial charge in [0.1, 0.15) is 0 Å². The Morgan fingerprint density at radius 2 is 1.88 bits per heavy atom. The number of benzene rings is 1. The number of imide groups is 1. The molecule has 1 aliphatic rings. The van der Waals surface area contributed by atoms with E-state index in [1.165, 1.54) is 0 Å². The minimum atomic E-state index is -0.416. The van der Waals surface area contributed by atoms with Crippen molar-refractivity contribution in [3.63, 3.8) is 0 Å². The van der Waals surface area contributed by atoms with Gasteiger partial charge >= 0.3 is 6.03 Å². The van der Waals surface area contributed by atoms with Crippen molar-refractivity contribution in [3.8, 4) is 0 Å². The number of hydrogen-bond acceptors (Lipinski definition) is 2. The maximum atomic E-state index is 11.3. The molecule has 1 aromatic rings. The molecule has 0 aliphatic heterocycles. The van der Waals surface area contributed by atoms with Crippen LogP contribution in [0.4, 0.5) is 4.79 Å². The molecule has 4 nitrogen and oxygen atoms in total. The van der Waals surface area contributed by atoms with E-state index < -0.39 is 6.03 Å². The quantitative estimate of drug-likeness (QED) is 0.806. The van der Waals surface area contributed by atoms with Gasteiger partial charge in [0.15, 0.2) is 0 Å². The lowest BCUT2D eigenvalue weighted by molar-refractivity contribution is -0.121. The lowest BCUT2D eigenvalue weighted by atomic mass is 10.2. The van der Waals surface area contributed by atoms with E-state index in [2.05, 4.69) is 10.6 Å². The molecule has 1 aliphatic carbocycles. The predicted octanol–water partition coefficient (Wildman–Crippen LogP) is 1.42. The summed E-state index contributed by atoms with van der Waals surface area (Å²) in [5, 5.41) is 4.96. The highest BCUT2D eigenvalue weighted by Gasteiger charge is 2.30. The van der Waals surface area contributed by atoms with Gasteiger partial charge in [0.2, 0.25) is 5.91 Å². The molecular formula is C12H14N2O2. The van der Waals surface area contributed by atoms with Gasteiger partial charge in [-0.3, -0.25) is 10.1 Å². The lowest BCUT2D eigenvalue weighted by Crippen LogP contribution is -2.39. The van der Waals surface area contributed by atoms with Crippen LogP contribution in [0.1, 0.15) is 18.4 Å². The Balaban J connectivity index is 1.73. The summed E-state index contributed by atoms with van der Waals surface area (Å²) >= 11 is 0. The summed E-state index contributed by atoms with van der Waals surface area (Å²) in [6.07, 6.45) is 1.80. The Morgan fingerprint density at radius 1 is 1.19 bits per heavy atom. The number of amides is 3. The second-order valence-corrected chi connectivity index (χ2v) is 3.93. The molecule has 3 amide bonds. The summed E-state index contributed by atoms with van der Waals surface area (Å²) < 4.78 is 0. The van der Waals surface area contributed by atoms with Gasteiger partial charge in [0.25, 0.3) is 0 Å². The maximum Gasteiger partial charge on any atom is 0.321 e. The molecule has 0 bridgehead atoms. The van der Waals surface area contributed by atoms with Crippen molar-refractivity contribution in [2.75, 3.05) is 0 Å². The van der Waals surface area contributed by atoms with Crippen LogP contribution in [0.25, 0.3) is 0 Å². The third kappa shape index (κ3) is 3.08. The first-order valence-electron chi connectivity index (χ1n) is 5.38. The van der Waals surface area contributed by atoms with E-state index in [9.17, 15) is 9.59 Å². The Labute approximate surface area is 94.0 Å². The molecule has 0 heterocycles. The highest BCUT2D eigenvalue weighted by atomic mass is 16.2. The van der Waals surface area contributed by atoms with Crippen LogP contribution in [0, 0.1) is 5.92 Å². The number of rotatable bonds is 3. The standard InChI is InChI=1S/C12H14N2O2/c15-11(10-6-7-10)14-12(16)13-8-9-4-2-1-3-5-9/h1-5,10H,6-8H2,(H2,13,14,15,16). The predicted molar refractivity (Wildman–Crippen MR) is 59.5 cm³/mol. The molecule has 0 atom stereocenters. The zero-order valence-electron chi connectivity index (χ0n) is 8.90. The van der Waals surface area contributed by atoms with Crippen LogP contribution in [0.5, 0.6) is 0 Å². The number of urea groups is 1. The fourth-order valence-electron chi connectivity index (χ4n) is 1.38. The molecule has 0 spiro atoms. The SMILES string of the molecule is O=C(NCc1ccccc1)NC(=O)C1CC1. The molecule has 1 fully saturated rings. The molecule has 2 rings (SSSR count). The molecule has 2 N–H and O–H groups in total. The zero-order chi connectivity index (χ0) is 11.4. The van der Waals surface area contributed by atoms with Crippen LogP contribution >= 0.6 is 0 Å². The molecule has 0 unspecified atom stereocenters. The summed E-state index contributed by atoms with van der Waals surface area (Å²) in [7, 11) is 0. The molecule has 0 saturated heterocycles. The van der Waals surface area contributed by atoms with Crippen molar-refractivity contribution in [1.82, 2.24) is 10.6 Å². The molecule has 0 aromatic heterocycles. The van der Waals surface area contributed by atoms with Crippen LogP contribution < -0.4 is 10.6 Å². The van der Waals surface area contributed by atoms with Gasteiger partial charge in [-0.1, -0.05) is 30.3 Å². The summed E-state index contributed by atoms with van der Waals surface area (Å²) in [4.78, 5) is 22.6. The first-order chi connectivity index (χ1) is 7.75. The normalized spacial score (nSPS) is 14.2. The van der Waals surface area contributed by atoms with E-state index in [0.717, 1.165) is 18.4 Å². The number of nitrogens with one attached hydrogen (secondary N) is 2. The minimum absolute atomic E-state index is 0.0578. The molecule has 84 valence electrons. The van der Waals surface area contributed by atoms with Crippen LogP contribution in [-0.2, 0) is 11.3 Å². The second kappa shape index (κ2) is 4.79. The third-order valence-corrected chi connectivity index (χ3v) is 2.48. The Bertz CT molecular complexity index is 385. The highest BCUT2D eigenvalue weighted by molar-refractivity contribution is 5.96. The zero-order valence-corrected chi connectivity index (χ0v) is 8.90. The van der Waals surface area contributed by atoms with Crippen LogP contribution in [0.15, 0.2) is 30.3 Å². The molecule has 1 saturated carbocycles. The number of carbonyl (C=O) groups excluding carboxylic acids is 2. The van der Waals surface area contributed by atoms with E-state index in [0.29, 0.717) is 6.54 Å². The van der Waals surface area contributed by atoms with E-state index >= 15 is 0 Å². The summed E-state index contributed by atoms with van der Waals surface area (Å²) in [6.45, 7) is 0.435. The van der Waals surface area contributed by atoms with Gasteiger partial charge in [0, 0.05) is 12.5 Å². The largest absolute Gasteiger partial charge is 0.334 e. The number of carbonyl (C=O) groups is 2. The first-order valence-corrected chi connectivity index (χ1v) is 5.38. The van der Waals surface area contributed by atoms with Gasteiger partial charge < -0.3 is 5.32 Å². The first kappa shape index (κ1) is 10.7. The third-order valence-electron chi connectivity index (χ3n) is 2.48. The Kier molecular flexibility index (Phi) is 3.19. The smallest absolute Gasteiger partial charge is 0.321 e. The number of hydrogen-bond donors (Lipinski definition) is 2. The van der Waals surface area contributed by atoms with Gasteiger partial charge in [-0.15, -0.1) is 0 Å². The fourth-order valence-corrected chi connectivity index (χ4v) is 1.38. The summed E-state index contributed by atoms with van der Waals surface area (Å²) in [5.74, 6) is -0.104. The van der Waals surface area contributed by atoms with Gasteiger partial charge in [-0.25, -0.2) is 4.79 Å². The van der Waals surface area contributed by atoms with Crippen molar-refractivity contribution in [3.05, 3.63) is 35.9 Å². The van der Waals surface area contributed by atoms with E-state index in [-0.39, 0.29) is 11.8 Å². The highest BCUT2D eigenvalue weighted by Crippen LogP contribution is 2.28. The van der Waals surface area contributed by atoms with Gasteiger partial charge in [-0.05, 0) is 18.4 Å². The molecular weight excluding hydrogens is 204 g/mol. The lowest BCUT2D eigenvalue weighted by Gasteiger charge is -2.05. The van der Waals surface area contributed by atoms with Crippen LogP contribution in [0.2, 0.25) is 0 Å². The van der Waals surface area contributed by atoms with Gasteiger partial charge in [-0.2, -0.15) is 0 Å². The second-order valence-electron chi connectivity index (χ2n) is 3.93. The molecule has 1 aromatic carbocycles. The fraction of sp³-hybridized carbons (Fsp3) is 0.333. The summed E-state index contributed by atoms with van der Waals surface area (Å²) in [6, 6.07) is 9.15. The van der Waals surface area contributed by atoms with Crippen molar-refractivity contribution in [2.24, 2.45) is 5.92 Å². The van der Waals surface area contributed by atoms with Crippen LogP contribution in [0.3, 0.4) is 0 Å². The van der Waals surface area contributed by atoms with Crippen LogP contribution in [-0.4, -0.2) is 11.9 Å². The Hall–Kier alpha value is -1.84. The average molecular weight is 218 g/mol. The van der Waals surface area contributed by atoms with Crippen molar-refractivity contribution < 1.29 is 9.59 Å². The van der Waals surface area contributed by atoms with E-state index in [1.807, 2.05) is 30.3 Å².